The van der Waals surface area contributed by atoms with Crippen LogP contribution in [0.15, 0.2) is 0 Å². The third-order valence-electron chi connectivity index (χ3n) is 12.1. The van der Waals surface area contributed by atoms with E-state index in [1.54, 1.807) is 64.8 Å². The lowest BCUT2D eigenvalue weighted by atomic mass is 10.3. The minimum absolute atomic E-state index is 0. The van der Waals surface area contributed by atoms with Crippen molar-refractivity contribution in [2.45, 2.75) is 35.1 Å². The van der Waals surface area contributed by atoms with Crippen LogP contribution in [0, 0.1) is 0 Å². The van der Waals surface area contributed by atoms with Gasteiger partial charge in [0.05, 0.1) is 13.2 Å². The smallest absolute Gasteiger partial charge is 0.147 e. The first-order valence-electron chi connectivity index (χ1n) is 22.9. The third kappa shape index (κ3) is 26.6. The Morgan fingerprint density at radius 2 is 0.493 bits per heavy atom. The first kappa shape index (κ1) is 68.1. The number of likely N-dealkylation sites (N-methyl/N-ethyl adjacent to an activating group) is 4. The minimum atomic E-state index is 0. The van der Waals surface area contributed by atoms with Crippen molar-refractivity contribution < 1.29 is 10.2 Å². The molecule has 6 aliphatic rings. The van der Waals surface area contributed by atoms with E-state index >= 15 is 0 Å². The van der Waals surface area contributed by atoms with E-state index in [1.165, 1.54) is 12.8 Å². The van der Waals surface area contributed by atoms with Gasteiger partial charge in [0, 0.05) is 157 Å². The first-order chi connectivity index (χ1) is 31.8. The average Bonchev–Trinajstić information content (AvgIpc) is 3.69. The highest BCUT2D eigenvalue weighted by Crippen LogP contribution is 2.31. The Labute approximate surface area is 475 Å². The zero-order valence-corrected chi connectivity index (χ0v) is 49.2. The fourth-order valence-electron chi connectivity index (χ4n) is 7.56. The molecule has 0 aliphatic carbocycles. The Morgan fingerprint density at radius 1 is 0.304 bits per heavy atom. The van der Waals surface area contributed by atoms with Gasteiger partial charge in [-0.05, 0) is 119 Å². The Morgan fingerprint density at radius 3 is 0.710 bits per heavy atom. The molecule has 0 spiro atoms. The molecule has 0 saturated carbocycles. The van der Waals surface area contributed by atoms with Crippen molar-refractivity contribution in [3.05, 3.63) is 0 Å². The summed E-state index contributed by atoms with van der Waals surface area (Å²) < 4.78 is 5.69. The molecule has 6 fully saturated rings. The van der Waals surface area contributed by atoms with Crippen LogP contribution in [0.2, 0.25) is 0 Å². The summed E-state index contributed by atoms with van der Waals surface area (Å²) in [6, 6.07) is 0. The van der Waals surface area contributed by atoms with Gasteiger partial charge in [0.25, 0.3) is 0 Å². The molecule has 0 unspecified atom stereocenters. The second-order valence-electron chi connectivity index (χ2n) is 17.1. The van der Waals surface area contributed by atoms with Crippen LogP contribution < -0.4 is 0 Å². The van der Waals surface area contributed by atoms with Gasteiger partial charge in [-0.25, -0.2) is 0 Å². The molecular formula is C43H86N12O2S12. The van der Waals surface area contributed by atoms with Crippen LogP contribution in [0.1, 0.15) is 35.1 Å². The zero-order valence-electron chi connectivity index (χ0n) is 39.4. The summed E-state index contributed by atoms with van der Waals surface area (Å²) in [5.41, 5.74) is 0. The molecule has 2 N–H and O–H groups in total. The molecule has 6 saturated heterocycles. The number of rotatable bonds is 4. The fraction of sp³-hybridized carbons (Fsp3) is 0.860. The largest absolute Gasteiger partial charge is 0.395 e. The standard InChI is InChI=1S/C14H26N4O2S4.C14H26N4S4.C12H22N4S4.3CH4/c19-11-9-15-1-5-17(6-2-15)13(21)23-24-14(22)18-7-3-16(4-8-18)10-12-20;1-15-5-3-7-17(11-9-15)13(19)21-22-14(20)18-8-4-6-16(2)10-12-18;1-13-3-7-15(8-4-13)11(17)19-20-12(18)16-9-5-14(2)6-10-16;;;/h19-20H,1-12H2;3-12H2,1-2H3;3-10H2,1-2H3;3*1H4. The van der Waals surface area contributed by atoms with Crippen LogP contribution in [0.5, 0.6) is 0 Å². The van der Waals surface area contributed by atoms with Crippen LogP contribution in [0.25, 0.3) is 0 Å². The summed E-state index contributed by atoms with van der Waals surface area (Å²) in [4.78, 5) is 27.6. The predicted molar refractivity (Wildman–Crippen MR) is 337 cm³/mol. The van der Waals surface area contributed by atoms with Gasteiger partial charge in [-0.2, -0.15) is 0 Å². The van der Waals surface area contributed by atoms with E-state index in [0.717, 1.165) is 196 Å². The molecule has 69 heavy (non-hydrogen) atoms. The van der Waals surface area contributed by atoms with E-state index < -0.39 is 0 Å². The van der Waals surface area contributed by atoms with E-state index in [2.05, 4.69) is 87.0 Å². The molecule has 0 aromatic carbocycles. The Kier molecular flexibility index (Phi) is 38.1. The number of β-amino-alcohol motifs (C(OH)–C–C–N with tert-alkyl or cyclic N) is 2. The Balaban J connectivity index is 0.000000508. The Hall–Kier alpha value is 1.12. The molecule has 6 rings (SSSR count). The highest BCUT2D eigenvalue weighted by Gasteiger charge is 2.24. The van der Waals surface area contributed by atoms with Crippen molar-refractivity contribution in [3.63, 3.8) is 0 Å². The topological polar surface area (TPSA) is 79.3 Å². The van der Waals surface area contributed by atoms with Crippen molar-refractivity contribution in [3.8, 4) is 0 Å². The number of thiocarbonyl (C=S) groups is 6. The average molecular weight is 1190 g/mol. The van der Waals surface area contributed by atoms with Crippen LogP contribution >= 0.6 is 138 Å². The molecule has 0 aromatic rings. The van der Waals surface area contributed by atoms with Crippen LogP contribution in [0.4, 0.5) is 0 Å². The molecule has 0 radical (unpaired) electrons. The van der Waals surface area contributed by atoms with Gasteiger partial charge < -0.3 is 59.2 Å². The lowest BCUT2D eigenvalue weighted by molar-refractivity contribution is 0.149. The fourth-order valence-corrected chi connectivity index (χ4v) is 15.8. The van der Waals surface area contributed by atoms with Gasteiger partial charge in [0.2, 0.25) is 0 Å². The number of hydrogen-bond acceptors (Lipinski definition) is 20. The van der Waals surface area contributed by atoms with Crippen molar-refractivity contribution in [1.29, 1.82) is 0 Å². The number of aliphatic hydroxyl groups is 2. The van der Waals surface area contributed by atoms with Crippen molar-refractivity contribution >= 4 is 164 Å². The molecule has 0 bridgehead atoms. The molecule has 14 nitrogen and oxygen atoms in total. The zero-order chi connectivity index (χ0) is 47.8. The number of hydrogen-bond donors (Lipinski definition) is 2. The second-order valence-corrected chi connectivity index (χ2v) is 27.3. The van der Waals surface area contributed by atoms with Crippen molar-refractivity contribution in [2.75, 3.05) is 212 Å². The van der Waals surface area contributed by atoms with Crippen LogP contribution in [-0.4, -0.2) is 307 Å². The van der Waals surface area contributed by atoms with Gasteiger partial charge in [-0.15, -0.1) is 0 Å². The second kappa shape index (κ2) is 38.6. The predicted octanol–water partition coefficient (Wildman–Crippen LogP) is 5.71. The van der Waals surface area contributed by atoms with Crippen LogP contribution in [0.3, 0.4) is 0 Å². The number of aliphatic hydroxyl groups excluding tert-OH is 2. The number of nitrogens with zero attached hydrogens (tertiary/aromatic N) is 12. The molecule has 0 amide bonds. The SMILES string of the molecule is C.C.C.CN1CCCN(C(=S)SSC(=S)N2CCCN(C)CC2)CC1.CN1CCN(C(=S)SSC(=S)N2CCN(C)CC2)CC1.OCCN1CCN(C(=S)SSC(=S)N2CCN(CCO)CC2)CC1. The summed E-state index contributed by atoms with van der Waals surface area (Å²) in [5, 5.41) is 18.0. The summed E-state index contributed by atoms with van der Waals surface area (Å²) in [6.45, 7) is 26.6. The van der Waals surface area contributed by atoms with Gasteiger partial charge >= 0.3 is 0 Å². The summed E-state index contributed by atoms with van der Waals surface area (Å²) >= 11 is 33.3. The van der Waals surface area contributed by atoms with Crippen LogP contribution in [-0.2, 0) is 0 Å². The molecule has 402 valence electrons. The first-order valence-corrected chi connectivity index (χ1v) is 31.8. The third-order valence-corrected chi connectivity index (χ3v) is 23.3. The number of piperazine rings is 4. The summed E-state index contributed by atoms with van der Waals surface area (Å²) in [7, 11) is 18.5. The molecular weight excluding hydrogens is 1100 g/mol. The van der Waals surface area contributed by atoms with E-state index in [1.807, 2.05) is 0 Å². The molecule has 26 heteroatoms. The van der Waals surface area contributed by atoms with Gasteiger partial charge in [-0.1, -0.05) is 95.6 Å². The van der Waals surface area contributed by atoms with Gasteiger partial charge in [-0.3, -0.25) is 9.80 Å². The van der Waals surface area contributed by atoms with E-state index in [4.69, 9.17) is 83.5 Å². The summed E-state index contributed by atoms with van der Waals surface area (Å²) in [5.74, 6) is 0. The molecule has 0 atom stereocenters. The lowest BCUT2D eigenvalue weighted by Gasteiger charge is -2.36. The maximum atomic E-state index is 8.99. The normalized spacial score (nSPS) is 20.6. The van der Waals surface area contributed by atoms with Gasteiger partial charge in [0.15, 0.2) is 0 Å². The molecule has 6 aliphatic heterocycles. The molecule has 6 heterocycles. The highest BCUT2D eigenvalue weighted by molar-refractivity contribution is 8.90. The quantitative estimate of drug-likeness (QED) is 0.267. The Bertz CT molecular complexity index is 1400. The van der Waals surface area contributed by atoms with E-state index in [0.29, 0.717) is 0 Å². The van der Waals surface area contributed by atoms with Gasteiger partial charge in [0.1, 0.15) is 25.9 Å². The maximum Gasteiger partial charge on any atom is 0.147 e. The van der Waals surface area contributed by atoms with Crippen molar-refractivity contribution in [2.24, 2.45) is 0 Å². The minimum Gasteiger partial charge on any atom is -0.395 e. The monoisotopic (exact) mass is 1190 g/mol. The molecule has 0 aromatic heterocycles. The highest BCUT2D eigenvalue weighted by atomic mass is 33.1. The van der Waals surface area contributed by atoms with Crippen molar-refractivity contribution in [1.82, 2.24) is 58.8 Å². The van der Waals surface area contributed by atoms with E-state index in [9.17, 15) is 0 Å². The summed E-state index contributed by atoms with van der Waals surface area (Å²) in [6.07, 6.45) is 2.37. The lowest BCUT2D eigenvalue weighted by Crippen LogP contribution is -2.48. The van der Waals surface area contributed by atoms with E-state index in [-0.39, 0.29) is 35.5 Å². The maximum absolute atomic E-state index is 8.99.